The van der Waals surface area contributed by atoms with Gasteiger partial charge in [-0.1, -0.05) is 29.6 Å². The van der Waals surface area contributed by atoms with Gasteiger partial charge >= 0.3 is 0 Å². The Kier molecular flexibility index (Phi) is 3.96. The van der Waals surface area contributed by atoms with E-state index >= 15 is 0 Å². The zero-order chi connectivity index (χ0) is 14.3. The molecule has 108 valence electrons. The Balaban J connectivity index is 1.65. The number of carbonyl (C=O) groups is 1. The lowest BCUT2D eigenvalue weighted by Crippen LogP contribution is -2.40. The Labute approximate surface area is 129 Å². The summed E-state index contributed by atoms with van der Waals surface area (Å²) < 4.78 is 0. The van der Waals surface area contributed by atoms with E-state index in [9.17, 15) is 4.79 Å². The van der Waals surface area contributed by atoms with Crippen LogP contribution in [0.1, 0.15) is 43.0 Å². The second kappa shape index (κ2) is 5.57. The number of hydrogen-bond acceptors (Lipinski definition) is 1. The quantitative estimate of drug-likeness (QED) is 0.872. The van der Waals surface area contributed by atoms with E-state index in [1.165, 1.54) is 25.7 Å². The van der Waals surface area contributed by atoms with Crippen LogP contribution in [0.25, 0.3) is 0 Å². The van der Waals surface area contributed by atoms with E-state index < -0.39 is 0 Å². The van der Waals surface area contributed by atoms with E-state index in [2.05, 4.69) is 12.2 Å². The third-order valence-corrected chi connectivity index (χ3v) is 5.71. The summed E-state index contributed by atoms with van der Waals surface area (Å²) in [6.07, 6.45) is 5.35. The molecule has 20 heavy (non-hydrogen) atoms. The number of carbonyl (C=O) groups excluding carboxylic acids is 1. The van der Waals surface area contributed by atoms with Gasteiger partial charge < -0.3 is 5.32 Å². The minimum absolute atomic E-state index is 0.0566. The molecule has 0 spiro atoms. The molecule has 2 aliphatic carbocycles. The second-order valence-electron chi connectivity index (χ2n) is 6.23. The van der Waals surface area contributed by atoms with Gasteiger partial charge in [0.15, 0.2) is 0 Å². The second-order valence-corrected chi connectivity index (χ2v) is 7.04. The highest BCUT2D eigenvalue weighted by molar-refractivity contribution is 6.42. The molecule has 4 heteroatoms. The van der Waals surface area contributed by atoms with Gasteiger partial charge in [0.1, 0.15) is 0 Å². The van der Waals surface area contributed by atoms with Crippen LogP contribution in [-0.2, 0) is 0 Å². The lowest BCUT2D eigenvalue weighted by atomic mass is 9.84. The van der Waals surface area contributed by atoms with Gasteiger partial charge in [0.05, 0.1) is 10.0 Å². The molecule has 1 amide bonds. The normalized spacial score (nSPS) is 29.4. The summed E-state index contributed by atoms with van der Waals surface area (Å²) >= 11 is 11.8. The predicted molar refractivity (Wildman–Crippen MR) is 82.3 cm³/mol. The van der Waals surface area contributed by atoms with Gasteiger partial charge in [0, 0.05) is 11.6 Å². The molecule has 0 unspecified atom stereocenters. The highest BCUT2D eigenvalue weighted by Gasteiger charge is 2.42. The topological polar surface area (TPSA) is 29.1 Å². The molecule has 1 aromatic rings. The Hall–Kier alpha value is -0.730. The van der Waals surface area contributed by atoms with Crippen molar-refractivity contribution in [3.63, 3.8) is 0 Å². The van der Waals surface area contributed by atoms with Crippen LogP contribution in [0.2, 0.25) is 10.0 Å². The van der Waals surface area contributed by atoms with Crippen molar-refractivity contribution in [1.29, 1.82) is 0 Å². The van der Waals surface area contributed by atoms with E-state index in [1.807, 2.05) is 0 Å². The number of halogens is 2. The van der Waals surface area contributed by atoms with Crippen molar-refractivity contribution < 1.29 is 4.79 Å². The van der Waals surface area contributed by atoms with Crippen molar-refractivity contribution >= 4 is 29.1 Å². The first-order valence-electron chi connectivity index (χ1n) is 7.30. The number of nitrogens with one attached hydrogen (secondary N) is 1. The Morgan fingerprint density at radius 2 is 2.05 bits per heavy atom. The van der Waals surface area contributed by atoms with Crippen LogP contribution in [0.5, 0.6) is 0 Å². The molecule has 2 aliphatic rings. The van der Waals surface area contributed by atoms with Crippen LogP contribution in [0.4, 0.5) is 0 Å². The van der Waals surface area contributed by atoms with Crippen LogP contribution in [-0.4, -0.2) is 11.9 Å². The van der Waals surface area contributed by atoms with Crippen LogP contribution in [0, 0.1) is 17.8 Å². The minimum atomic E-state index is -0.0566. The number of amides is 1. The Bertz CT molecular complexity index is 531. The Morgan fingerprint density at radius 3 is 2.65 bits per heavy atom. The zero-order valence-electron chi connectivity index (χ0n) is 11.5. The molecule has 1 N–H and O–H groups in total. The van der Waals surface area contributed by atoms with Gasteiger partial charge in [0.2, 0.25) is 0 Å². The van der Waals surface area contributed by atoms with Crippen LogP contribution in [0.15, 0.2) is 18.2 Å². The third-order valence-electron chi connectivity index (χ3n) is 4.98. The van der Waals surface area contributed by atoms with Gasteiger partial charge in [-0.05, 0) is 62.1 Å². The summed E-state index contributed by atoms with van der Waals surface area (Å²) in [5.74, 6) is 2.29. The van der Waals surface area contributed by atoms with Crippen molar-refractivity contribution in [2.75, 3.05) is 0 Å². The molecule has 2 fully saturated rings. The summed E-state index contributed by atoms with van der Waals surface area (Å²) in [5.41, 5.74) is 0.578. The first-order valence-corrected chi connectivity index (χ1v) is 8.06. The summed E-state index contributed by atoms with van der Waals surface area (Å²) in [6.45, 7) is 2.13. The van der Waals surface area contributed by atoms with Crippen molar-refractivity contribution in [1.82, 2.24) is 5.32 Å². The first kappa shape index (κ1) is 14.2. The van der Waals surface area contributed by atoms with Gasteiger partial charge in [-0.3, -0.25) is 4.79 Å². The van der Waals surface area contributed by atoms with E-state index in [0.29, 0.717) is 21.5 Å². The van der Waals surface area contributed by atoms with Gasteiger partial charge in [-0.15, -0.1) is 0 Å². The molecule has 0 radical (unpaired) electrons. The molecular weight excluding hydrogens is 293 g/mol. The van der Waals surface area contributed by atoms with E-state index in [1.54, 1.807) is 18.2 Å². The highest BCUT2D eigenvalue weighted by atomic mass is 35.5. The van der Waals surface area contributed by atoms with Crippen LogP contribution in [0.3, 0.4) is 0 Å². The van der Waals surface area contributed by atoms with Crippen molar-refractivity contribution in [2.24, 2.45) is 17.8 Å². The maximum atomic E-state index is 12.3. The van der Waals surface area contributed by atoms with E-state index in [-0.39, 0.29) is 11.9 Å². The summed E-state index contributed by atoms with van der Waals surface area (Å²) in [7, 11) is 0. The molecule has 4 atom stereocenters. The zero-order valence-corrected chi connectivity index (χ0v) is 13.0. The molecule has 0 saturated heterocycles. The van der Waals surface area contributed by atoms with Crippen LogP contribution < -0.4 is 5.32 Å². The average molecular weight is 312 g/mol. The fourth-order valence-electron chi connectivity index (χ4n) is 3.94. The lowest BCUT2D eigenvalue weighted by molar-refractivity contribution is 0.0915. The fourth-order valence-corrected chi connectivity index (χ4v) is 4.24. The summed E-state index contributed by atoms with van der Waals surface area (Å²) in [6, 6.07) is 5.25. The van der Waals surface area contributed by atoms with Crippen molar-refractivity contribution in [3.8, 4) is 0 Å². The van der Waals surface area contributed by atoms with Crippen LogP contribution >= 0.6 is 23.2 Å². The first-order chi connectivity index (χ1) is 9.54. The molecular formula is C16H19Cl2NO. The lowest BCUT2D eigenvalue weighted by Gasteiger charge is -2.28. The number of rotatable bonds is 3. The standard InChI is InChI=1S/C16H19Cl2NO/c1-9(13-7-10-2-3-11(13)6-10)19-16(20)12-4-5-14(17)15(18)8-12/h4-5,8-11,13H,2-3,6-7H2,1H3,(H,19,20)/t9-,10+,11+,13-/m1/s1. The molecule has 3 rings (SSSR count). The highest BCUT2D eigenvalue weighted by Crippen LogP contribution is 2.49. The van der Waals surface area contributed by atoms with E-state index in [0.717, 1.165) is 11.8 Å². The maximum absolute atomic E-state index is 12.3. The van der Waals surface area contributed by atoms with Crippen molar-refractivity contribution in [2.45, 2.75) is 38.6 Å². The van der Waals surface area contributed by atoms with E-state index in [4.69, 9.17) is 23.2 Å². The molecule has 0 heterocycles. The summed E-state index contributed by atoms with van der Waals surface area (Å²) in [4.78, 5) is 12.3. The SMILES string of the molecule is C[C@@H](NC(=O)c1ccc(Cl)c(Cl)c1)[C@H]1C[C@H]2CC[C@H]1C2. The number of fused-ring (bicyclic) bond motifs is 2. The molecule has 0 aliphatic heterocycles. The summed E-state index contributed by atoms with van der Waals surface area (Å²) in [5, 5.41) is 4.03. The molecule has 1 aromatic carbocycles. The smallest absolute Gasteiger partial charge is 0.251 e. The van der Waals surface area contributed by atoms with Gasteiger partial charge in [0.25, 0.3) is 5.91 Å². The average Bonchev–Trinajstić information content (AvgIpc) is 3.04. The molecule has 0 aromatic heterocycles. The number of benzene rings is 1. The largest absolute Gasteiger partial charge is 0.349 e. The monoisotopic (exact) mass is 311 g/mol. The number of hydrogen-bond donors (Lipinski definition) is 1. The third kappa shape index (κ3) is 2.68. The minimum Gasteiger partial charge on any atom is -0.349 e. The molecule has 2 nitrogen and oxygen atoms in total. The van der Waals surface area contributed by atoms with Gasteiger partial charge in [-0.2, -0.15) is 0 Å². The van der Waals surface area contributed by atoms with Gasteiger partial charge in [-0.25, -0.2) is 0 Å². The maximum Gasteiger partial charge on any atom is 0.251 e. The molecule has 2 saturated carbocycles. The Morgan fingerprint density at radius 1 is 1.25 bits per heavy atom. The fraction of sp³-hybridized carbons (Fsp3) is 0.562. The predicted octanol–water partition coefficient (Wildman–Crippen LogP) is 4.55. The van der Waals surface area contributed by atoms with Crippen molar-refractivity contribution in [3.05, 3.63) is 33.8 Å². The molecule has 2 bridgehead atoms.